The largest absolute Gasteiger partial charge is 0.232 e. The number of rotatable bonds is 2. The highest BCUT2D eigenvalue weighted by Gasteiger charge is 2.02. The van der Waals surface area contributed by atoms with Gasteiger partial charge in [0.1, 0.15) is 0 Å². The average Bonchev–Trinajstić information content (AvgIpc) is 2.03. The standard InChI is InChI=1S/C8H8ClNO2S/c9-8(6-13(10,11)12)7-4-2-1-3-5-7/h1-6H,(H2,10,11,12)/b8-6+. The predicted molar refractivity (Wildman–Crippen MR) is 53.4 cm³/mol. The van der Waals surface area contributed by atoms with Crippen LogP contribution >= 0.6 is 11.6 Å². The molecular formula is C8H8ClNO2S. The van der Waals surface area contributed by atoms with Gasteiger partial charge in [-0.15, -0.1) is 0 Å². The molecule has 0 aromatic heterocycles. The van der Waals surface area contributed by atoms with Gasteiger partial charge in [-0.05, 0) is 5.56 Å². The summed E-state index contributed by atoms with van der Waals surface area (Å²) >= 11 is 5.69. The third-order valence-corrected chi connectivity index (χ3v) is 2.34. The number of primary sulfonamides is 1. The molecule has 0 aliphatic heterocycles. The van der Waals surface area contributed by atoms with Gasteiger partial charge in [-0.25, -0.2) is 13.6 Å². The summed E-state index contributed by atoms with van der Waals surface area (Å²) in [6, 6.07) is 8.72. The van der Waals surface area contributed by atoms with Gasteiger partial charge in [0.2, 0.25) is 10.0 Å². The summed E-state index contributed by atoms with van der Waals surface area (Å²) in [5.41, 5.74) is 0.623. The highest BCUT2D eigenvalue weighted by molar-refractivity contribution is 7.92. The Balaban J connectivity index is 3.06. The number of nitrogens with two attached hydrogens (primary N) is 1. The molecule has 2 N–H and O–H groups in total. The van der Waals surface area contributed by atoms with Gasteiger partial charge in [-0.1, -0.05) is 41.9 Å². The zero-order chi connectivity index (χ0) is 9.90. The van der Waals surface area contributed by atoms with Crippen LogP contribution in [0.15, 0.2) is 35.7 Å². The molecule has 70 valence electrons. The van der Waals surface area contributed by atoms with Gasteiger partial charge in [-0.3, -0.25) is 0 Å². The van der Waals surface area contributed by atoms with E-state index < -0.39 is 10.0 Å². The molecule has 0 bridgehead atoms. The smallest absolute Gasteiger partial charge is 0.225 e. The fraction of sp³-hybridized carbons (Fsp3) is 0. The van der Waals surface area contributed by atoms with Gasteiger partial charge in [0, 0.05) is 0 Å². The van der Waals surface area contributed by atoms with E-state index in [1.54, 1.807) is 24.3 Å². The molecule has 0 radical (unpaired) electrons. The van der Waals surface area contributed by atoms with Crippen LogP contribution in [-0.4, -0.2) is 8.42 Å². The topological polar surface area (TPSA) is 60.2 Å². The number of sulfonamides is 1. The van der Waals surface area contributed by atoms with Crippen molar-refractivity contribution < 1.29 is 8.42 Å². The van der Waals surface area contributed by atoms with E-state index >= 15 is 0 Å². The molecule has 0 heterocycles. The van der Waals surface area contributed by atoms with Crippen LogP contribution < -0.4 is 5.14 Å². The molecule has 0 saturated heterocycles. The first-order chi connectivity index (χ1) is 5.99. The summed E-state index contributed by atoms with van der Waals surface area (Å²) in [5.74, 6) is 0. The lowest BCUT2D eigenvalue weighted by Gasteiger charge is -1.96. The van der Waals surface area contributed by atoms with Gasteiger partial charge in [0.05, 0.1) is 10.4 Å². The Labute approximate surface area is 81.9 Å². The molecule has 0 amide bonds. The van der Waals surface area contributed by atoms with Crippen molar-refractivity contribution in [2.24, 2.45) is 5.14 Å². The minimum Gasteiger partial charge on any atom is -0.225 e. The van der Waals surface area contributed by atoms with Gasteiger partial charge in [0.25, 0.3) is 0 Å². The molecule has 0 fully saturated rings. The molecule has 3 nitrogen and oxygen atoms in total. The fourth-order valence-electron chi connectivity index (χ4n) is 0.810. The Kier molecular flexibility index (Phi) is 3.08. The zero-order valence-electron chi connectivity index (χ0n) is 6.64. The third-order valence-electron chi connectivity index (χ3n) is 1.32. The lowest BCUT2D eigenvalue weighted by molar-refractivity contribution is 0.606. The van der Waals surface area contributed by atoms with Crippen molar-refractivity contribution in [3.8, 4) is 0 Å². The van der Waals surface area contributed by atoms with E-state index in [1.165, 1.54) is 0 Å². The molecule has 13 heavy (non-hydrogen) atoms. The lowest BCUT2D eigenvalue weighted by atomic mass is 10.2. The Morgan fingerprint density at radius 1 is 1.31 bits per heavy atom. The molecule has 0 atom stereocenters. The highest BCUT2D eigenvalue weighted by Crippen LogP contribution is 2.18. The van der Waals surface area contributed by atoms with Crippen LogP contribution in [0.5, 0.6) is 0 Å². The van der Waals surface area contributed by atoms with Crippen molar-refractivity contribution in [3.63, 3.8) is 0 Å². The highest BCUT2D eigenvalue weighted by atomic mass is 35.5. The van der Waals surface area contributed by atoms with Crippen molar-refractivity contribution in [3.05, 3.63) is 41.3 Å². The second-order valence-electron chi connectivity index (χ2n) is 2.42. The Morgan fingerprint density at radius 3 is 2.31 bits per heavy atom. The van der Waals surface area contributed by atoms with E-state index in [9.17, 15) is 8.42 Å². The molecule has 0 unspecified atom stereocenters. The number of hydrogen-bond acceptors (Lipinski definition) is 2. The molecule has 0 saturated carbocycles. The average molecular weight is 218 g/mol. The number of halogens is 1. The van der Waals surface area contributed by atoms with Gasteiger partial charge >= 0.3 is 0 Å². The molecule has 1 aromatic carbocycles. The summed E-state index contributed by atoms with van der Waals surface area (Å²) in [4.78, 5) is 0. The van der Waals surface area contributed by atoms with Gasteiger partial charge in [-0.2, -0.15) is 0 Å². The van der Waals surface area contributed by atoms with Crippen LogP contribution in [0.25, 0.3) is 5.03 Å². The van der Waals surface area contributed by atoms with E-state index in [0.29, 0.717) is 5.56 Å². The van der Waals surface area contributed by atoms with Crippen LogP contribution in [0, 0.1) is 0 Å². The molecular weight excluding hydrogens is 210 g/mol. The Hall–Kier alpha value is -0.840. The SMILES string of the molecule is NS(=O)(=O)/C=C(/Cl)c1ccccc1. The maximum atomic E-state index is 10.6. The minimum absolute atomic E-state index is 0.114. The second kappa shape index (κ2) is 3.91. The van der Waals surface area contributed by atoms with Crippen molar-refractivity contribution in [1.82, 2.24) is 0 Å². The first-order valence-electron chi connectivity index (χ1n) is 3.44. The summed E-state index contributed by atoms with van der Waals surface area (Å²) < 4.78 is 21.3. The lowest BCUT2D eigenvalue weighted by Crippen LogP contribution is -2.07. The van der Waals surface area contributed by atoms with Gasteiger partial charge in [0.15, 0.2) is 0 Å². The van der Waals surface area contributed by atoms with Crippen LogP contribution in [0.3, 0.4) is 0 Å². The van der Waals surface area contributed by atoms with E-state index in [2.05, 4.69) is 0 Å². The maximum Gasteiger partial charge on any atom is 0.232 e. The first-order valence-corrected chi connectivity index (χ1v) is 5.43. The molecule has 1 rings (SSSR count). The minimum atomic E-state index is -3.67. The molecule has 1 aromatic rings. The van der Waals surface area contributed by atoms with E-state index in [0.717, 1.165) is 5.41 Å². The summed E-state index contributed by atoms with van der Waals surface area (Å²) in [6.07, 6.45) is 0. The number of benzene rings is 1. The van der Waals surface area contributed by atoms with Crippen LogP contribution in [0.2, 0.25) is 0 Å². The van der Waals surface area contributed by atoms with Crippen molar-refractivity contribution in [2.45, 2.75) is 0 Å². The predicted octanol–water partition coefficient (Wildman–Crippen LogP) is 1.51. The molecule has 0 aliphatic rings. The molecule has 0 spiro atoms. The van der Waals surface area contributed by atoms with Crippen LogP contribution in [0.4, 0.5) is 0 Å². The van der Waals surface area contributed by atoms with Crippen molar-refractivity contribution in [2.75, 3.05) is 0 Å². The van der Waals surface area contributed by atoms with Crippen LogP contribution in [0.1, 0.15) is 5.56 Å². The Morgan fingerprint density at radius 2 is 1.85 bits per heavy atom. The fourth-order valence-corrected chi connectivity index (χ4v) is 1.73. The summed E-state index contributed by atoms with van der Waals surface area (Å²) in [5, 5.41) is 5.72. The number of hydrogen-bond donors (Lipinski definition) is 1. The summed E-state index contributed by atoms with van der Waals surface area (Å²) in [7, 11) is -3.67. The molecule has 0 aliphatic carbocycles. The summed E-state index contributed by atoms with van der Waals surface area (Å²) in [6.45, 7) is 0. The first kappa shape index (κ1) is 10.2. The second-order valence-corrected chi connectivity index (χ2v) is 4.24. The van der Waals surface area contributed by atoms with E-state index in [4.69, 9.17) is 16.7 Å². The quantitative estimate of drug-likeness (QED) is 0.817. The normalized spacial score (nSPS) is 12.9. The third kappa shape index (κ3) is 3.59. The molecule has 5 heteroatoms. The van der Waals surface area contributed by atoms with E-state index in [1.807, 2.05) is 6.07 Å². The maximum absolute atomic E-state index is 10.6. The van der Waals surface area contributed by atoms with Crippen molar-refractivity contribution in [1.29, 1.82) is 0 Å². The van der Waals surface area contributed by atoms with Crippen molar-refractivity contribution >= 4 is 26.7 Å². The van der Waals surface area contributed by atoms with Gasteiger partial charge < -0.3 is 0 Å². The monoisotopic (exact) mass is 217 g/mol. The Bertz CT molecular complexity index is 411. The van der Waals surface area contributed by atoms with Crippen LogP contribution in [-0.2, 0) is 10.0 Å². The zero-order valence-corrected chi connectivity index (χ0v) is 8.22. The van der Waals surface area contributed by atoms with E-state index in [-0.39, 0.29) is 5.03 Å².